The zero-order valence-electron chi connectivity index (χ0n) is 12.5. The molecule has 0 bridgehead atoms. The van der Waals surface area contributed by atoms with Crippen LogP contribution in [0.2, 0.25) is 5.02 Å². The fourth-order valence-electron chi connectivity index (χ4n) is 2.32. The third kappa shape index (κ3) is 3.50. The summed E-state index contributed by atoms with van der Waals surface area (Å²) in [4.78, 5) is 14.9. The molecule has 1 aliphatic rings. The number of benzene rings is 2. The van der Waals surface area contributed by atoms with Crippen molar-refractivity contribution in [3.63, 3.8) is 0 Å². The molecule has 0 N–H and O–H groups in total. The predicted molar refractivity (Wildman–Crippen MR) is 103 cm³/mol. The molecule has 1 heterocycles. The van der Waals surface area contributed by atoms with Crippen molar-refractivity contribution in [2.75, 3.05) is 4.90 Å². The number of carbonyl (C=O) groups is 1. The van der Waals surface area contributed by atoms with Gasteiger partial charge in [0.1, 0.15) is 0 Å². The number of thioether (sulfide) groups is 1. The summed E-state index contributed by atoms with van der Waals surface area (Å²) < 4.78 is 0.549. The Morgan fingerprint density at radius 1 is 1.22 bits per heavy atom. The molecule has 1 amide bonds. The Bertz CT molecular complexity index is 799. The molecule has 0 saturated carbocycles. The number of halogens is 1. The van der Waals surface area contributed by atoms with Crippen LogP contribution in [0, 0.1) is 0 Å². The van der Waals surface area contributed by atoms with Crippen molar-refractivity contribution < 1.29 is 4.79 Å². The summed E-state index contributed by atoms with van der Waals surface area (Å²) in [6.07, 6.45) is 2.79. The van der Waals surface area contributed by atoms with Gasteiger partial charge in [-0.1, -0.05) is 66.8 Å². The van der Waals surface area contributed by atoms with E-state index in [0.717, 1.165) is 17.7 Å². The first-order valence-corrected chi connectivity index (χ1v) is 8.81. The van der Waals surface area contributed by atoms with Gasteiger partial charge in [-0.25, -0.2) is 0 Å². The van der Waals surface area contributed by atoms with Gasteiger partial charge in [-0.3, -0.25) is 9.69 Å². The molecule has 2 aromatic carbocycles. The van der Waals surface area contributed by atoms with Crippen molar-refractivity contribution in [1.82, 2.24) is 0 Å². The Morgan fingerprint density at radius 3 is 2.61 bits per heavy atom. The molecule has 1 fully saturated rings. The maximum Gasteiger partial charge on any atom is 0.270 e. The van der Waals surface area contributed by atoms with Crippen LogP contribution in [0.5, 0.6) is 0 Å². The van der Waals surface area contributed by atoms with Gasteiger partial charge in [0.2, 0.25) is 0 Å². The number of amides is 1. The van der Waals surface area contributed by atoms with Crippen LogP contribution in [-0.4, -0.2) is 10.2 Å². The number of rotatable bonds is 3. The second kappa shape index (κ2) is 6.87. The van der Waals surface area contributed by atoms with Gasteiger partial charge in [0.05, 0.1) is 10.6 Å². The van der Waals surface area contributed by atoms with Gasteiger partial charge in [-0.05, 0) is 47.9 Å². The summed E-state index contributed by atoms with van der Waals surface area (Å²) in [5, 5.41) is 0.643. The Balaban J connectivity index is 1.90. The monoisotopic (exact) mass is 359 g/mol. The van der Waals surface area contributed by atoms with Gasteiger partial charge >= 0.3 is 0 Å². The van der Waals surface area contributed by atoms with E-state index in [4.69, 9.17) is 23.8 Å². The van der Waals surface area contributed by atoms with Crippen molar-refractivity contribution in [3.05, 3.63) is 69.6 Å². The molecule has 0 atom stereocenters. The molecule has 0 spiro atoms. The van der Waals surface area contributed by atoms with E-state index in [2.05, 4.69) is 6.92 Å². The van der Waals surface area contributed by atoms with E-state index in [9.17, 15) is 4.79 Å². The van der Waals surface area contributed by atoms with Gasteiger partial charge in [0.15, 0.2) is 4.32 Å². The van der Waals surface area contributed by atoms with Gasteiger partial charge in [-0.15, -0.1) is 0 Å². The largest absolute Gasteiger partial charge is 0.270 e. The summed E-state index contributed by atoms with van der Waals surface area (Å²) in [5.41, 5.74) is 2.92. The van der Waals surface area contributed by atoms with Crippen LogP contribution in [0.4, 0.5) is 5.69 Å². The molecule has 3 rings (SSSR count). The van der Waals surface area contributed by atoms with E-state index >= 15 is 0 Å². The summed E-state index contributed by atoms with van der Waals surface area (Å²) in [5.74, 6) is -0.0933. The highest BCUT2D eigenvalue weighted by Gasteiger charge is 2.33. The van der Waals surface area contributed by atoms with E-state index in [1.165, 1.54) is 17.3 Å². The first kappa shape index (κ1) is 16.2. The first-order chi connectivity index (χ1) is 11.1. The molecule has 1 saturated heterocycles. The van der Waals surface area contributed by atoms with Gasteiger partial charge in [-0.2, -0.15) is 0 Å². The Hall–Kier alpha value is -1.62. The average Bonchev–Trinajstić information content (AvgIpc) is 2.81. The second-order valence-corrected chi connectivity index (χ2v) is 7.20. The molecule has 0 unspecified atom stereocenters. The highest BCUT2D eigenvalue weighted by molar-refractivity contribution is 8.27. The van der Waals surface area contributed by atoms with Crippen molar-refractivity contribution in [1.29, 1.82) is 0 Å². The summed E-state index contributed by atoms with van der Waals surface area (Å²) in [6.45, 7) is 2.10. The first-order valence-electron chi connectivity index (χ1n) is 7.21. The fraction of sp³-hybridized carbons (Fsp3) is 0.111. The average molecular weight is 360 g/mol. The smallest absolute Gasteiger partial charge is 0.268 e. The number of hydrogen-bond donors (Lipinski definition) is 0. The molecule has 116 valence electrons. The molecule has 0 radical (unpaired) electrons. The van der Waals surface area contributed by atoms with Crippen LogP contribution in [-0.2, 0) is 11.2 Å². The number of hydrogen-bond acceptors (Lipinski definition) is 3. The number of aryl methyl sites for hydroxylation is 1. The van der Waals surface area contributed by atoms with Crippen LogP contribution in [0.3, 0.4) is 0 Å². The lowest BCUT2D eigenvalue weighted by Crippen LogP contribution is -2.27. The number of nitrogens with zero attached hydrogens (tertiary/aromatic N) is 1. The van der Waals surface area contributed by atoms with E-state index in [-0.39, 0.29) is 5.91 Å². The predicted octanol–water partition coefficient (Wildman–Crippen LogP) is 5.31. The minimum absolute atomic E-state index is 0.0933. The van der Waals surface area contributed by atoms with Crippen molar-refractivity contribution in [2.24, 2.45) is 0 Å². The molecule has 2 aromatic rings. The molecule has 1 aliphatic heterocycles. The molecule has 2 nitrogen and oxygen atoms in total. The fourth-order valence-corrected chi connectivity index (χ4v) is 3.82. The van der Waals surface area contributed by atoms with Crippen LogP contribution in [0.1, 0.15) is 18.1 Å². The van der Waals surface area contributed by atoms with Crippen LogP contribution >= 0.6 is 35.6 Å². The van der Waals surface area contributed by atoms with Crippen molar-refractivity contribution in [3.8, 4) is 0 Å². The van der Waals surface area contributed by atoms with Gasteiger partial charge in [0, 0.05) is 5.02 Å². The summed E-state index contributed by atoms with van der Waals surface area (Å²) in [7, 11) is 0. The molecule has 23 heavy (non-hydrogen) atoms. The van der Waals surface area contributed by atoms with E-state index < -0.39 is 0 Å². The van der Waals surface area contributed by atoms with Gasteiger partial charge < -0.3 is 0 Å². The SMILES string of the molecule is CCc1ccc(N2C(=O)/C(=C/c3cccc(Cl)c3)SC2=S)cc1. The Kier molecular flexibility index (Phi) is 4.85. The third-order valence-corrected chi connectivity index (χ3v) is 5.08. The lowest BCUT2D eigenvalue weighted by Gasteiger charge is -2.14. The Labute approximate surface area is 150 Å². The zero-order valence-corrected chi connectivity index (χ0v) is 14.8. The van der Waals surface area contributed by atoms with Crippen molar-refractivity contribution >= 4 is 57.6 Å². The molecule has 5 heteroatoms. The molecular weight excluding hydrogens is 346 g/mol. The number of carbonyl (C=O) groups excluding carboxylic acids is 1. The van der Waals surface area contributed by atoms with Crippen LogP contribution < -0.4 is 4.90 Å². The summed E-state index contributed by atoms with van der Waals surface area (Å²) >= 11 is 12.7. The van der Waals surface area contributed by atoms with Crippen LogP contribution in [0.25, 0.3) is 6.08 Å². The highest BCUT2D eigenvalue weighted by atomic mass is 35.5. The molecule has 0 aromatic heterocycles. The molecular formula is C18H14ClNOS2. The maximum atomic E-state index is 12.7. The topological polar surface area (TPSA) is 20.3 Å². The Morgan fingerprint density at radius 2 is 1.96 bits per heavy atom. The lowest BCUT2D eigenvalue weighted by molar-refractivity contribution is -0.113. The molecule has 0 aliphatic carbocycles. The summed E-state index contributed by atoms with van der Waals surface area (Å²) in [6, 6.07) is 15.3. The minimum Gasteiger partial charge on any atom is -0.268 e. The zero-order chi connectivity index (χ0) is 16.4. The minimum atomic E-state index is -0.0933. The number of thiocarbonyl (C=S) groups is 1. The third-order valence-electron chi connectivity index (χ3n) is 3.54. The van der Waals surface area contributed by atoms with Crippen molar-refractivity contribution in [2.45, 2.75) is 13.3 Å². The van der Waals surface area contributed by atoms with E-state index in [1.807, 2.05) is 48.5 Å². The van der Waals surface area contributed by atoms with Gasteiger partial charge in [0.25, 0.3) is 5.91 Å². The highest BCUT2D eigenvalue weighted by Crippen LogP contribution is 2.36. The number of anilines is 1. The van der Waals surface area contributed by atoms with E-state index in [1.54, 1.807) is 11.0 Å². The standard InChI is InChI=1S/C18H14ClNOS2/c1-2-12-6-8-15(9-7-12)20-17(21)16(23-18(20)22)11-13-4-3-5-14(19)10-13/h3-11H,2H2,1H3/b16-11-. The van der Waals surface area contributed by atoms with Crippen LogP contribution in [0.15, 0.2) is 53.4 Å². The second-order valence-electron chi connectivity index (χ2n) is 5.09. The lowest BCUT2D eigenvalue weighted by atomic mass is 10.1. The van der Waals surface area contributed by atoms with E-state index in [0.29, 0.717) is 14.2 Å². The maximum absolute atomic E-state index is 12.7. The normalized spacial score (nSPS) is 16.4. The quantitative estimate of drug-likeness (QED) is 0.547.